The Labute approximate surface area is 373 Å². The monoisotopic (exact) mass is 843 g/mol. The van der Waals surface area contributed by atoms with Gasteiger partial charge in [-0.25, -0.2) is 0 Å². The average molecular weight is 843 g/mol. The van der Waals surface area contributed by atoms with E-state index in [9.17, 15) is 14.4 Å². The van der Waals surface area contributed by atoms with E-state index < -0.39 is 6.10 Å². The molecule has 0 N–H and O–H groups in total. The van der Waals surface area contributed by atoms with Crippen LogP contribution in [-0.2, 0) is 28.6 Å². The van der Waals surface area contributed by atoms with Gasteiger partial charge in [0.25, 0.3) is 0 Å². The molecule has 61 heavy (non-hydrogen) atoms. The van der Waals surface area contributed by atoms with Crippen molar-refractivity contribution < 1.29 is 28.6 Å². The first-order chi connectivity index (χ1) is 30.0. The maximum atomic E-state index is 12.8. The lowest BCUT2D eigenvalue weighted by molar-refractivity contribution is -0.167. The zero-order valence-electron chi connectivity index (χ0n) is 38.9. The standard InChI is InChI=1S/C55H86O6/c1-4-7-10-13-16-19-22-25-27-28-31-33-36-39-42-45-48-54(57)60-51-52(50-59-53(56)47-44-41-38-35-32-29-24-21-18-15-12-9-6-3)61-55(58)49-46-43-40-37-34-30-26-23-20-17-14-11-8-5-2/h7,9-10,12,15-16,18-19,21,24-25,27,29-35,38,52H,4-6,8,11,13-14,17,20,22-23,26,28,36-37,39-51H2,1-3H3/b10-7+,12-9+,18-15+,19-16+,24-21+,27-25+,32-29+,33-31+,34-30+,38-35+. The van der Waals surface area contributed by atoms with Gasteiger partial charge >= 0.3 is 17.9 Å². The van der Waals surface area contributed by atoms with Gasteiger partial charge in [0, 0.05) is 19.3 Å². The highest BCUT2D eigenvalue weighted by Crippen LogP contribution is 2.12. The zero-order chi connectivity index (χ0) is 44.4. The van der Waals surface area contributed by atoms with Gasteiger partial charge in [0.05, 0.1) is 0 Å². The quantitative estimate of drug-likeness (QED) is 0.0201. The fourth-order valence-corrected chi connectivity index (χ4v) is 5.98. The van der Waals surface area contributed by atoms with Crippen molar-refractivity contribution in [2.24, 2.45) is 0 Å². The van der Waals surface area contributed by atoms with Crippen LogP contribution in [0.25, 0.3) is 0 Å². The second-order valence-corrected chi connectivity index (χ2v) is 15.4. The molecule has 0 saturated carbocycles. The smallest absolute Gasteiger partial charge is 0.306 e. The summed E-state index contributed by atoms with van der Waals surface area (Å²) in [6.07, 6.45) is 66.2. The Morgan fingerprint density at radius 2 is 0.738 bits per heavy atom. The van der Waals surface area contributed by atoms with Gasteiger partial charge in [0.2, 0.25) is 0 Å². The second-order valence-electron chi connectivity index (χ2n) is 15.4. The van der Waals surface area contributed by atoms with Gasteiger partial charge in [-0.1, -0.05) is 194 Å². The number of unbranched alkanes of at least 4 members (excludes halogenated alkanes) is 14. The third-order valence-electron chi connectivity index (χ3n) is 9.56. The topological polar surface area (TPSA) is 78.9 Å². The number of hydrogen-bond acceptors (Lipinski definition) is 6. The minimum Gasteiger partial charge on any atom is -0.462 e. The molecule has 6 heteroatoms. The van der Waals surface area contributed by atoms with Crippen LogP contribution in [0.3, 0.4) is 0 Å². The van der Waals surface area contributed by atoms with E-state index in [1.54, 1.807) is 0 Å². The van der Waals surface area contributed by atoms with E-state index in [0.29, 0.717) is 12.8 Å². The molecule has 0 amide bonds. The van der Waals surface area contributed by atoms with Crippen molar-refractivity contribution in [3.63, 3.8) is 0 Å². The summed E-state index contributed by atoms with van der Waals surface area (Å²) in [5.41, 5.74) is 0. The Balaban J connectivity index is 4.59. The van der Waals surface area contributed by atoms with E-state index in [0.717, 1.165) is 96.3 Å². The fraction of sp³-hybridized carbons (Fsp3) is 0.582. The van der Waals surface area contributed by atoms with E-state index in [2.05, 4.69) is 87.6 Å². The molecule has 0 saturated heterocycles. The Hall–Kier alpha value is -4.19. The number of esters is 3. The van der Waals surface area contributed by atoms with Crippen LogP contribution in [0.5, 0.6) is 0 Å². The van der Waals surface area contributed by atoms with Crippen LogP contribution < -0.4 is 0 Å². The molecule has 0 fully saturated rings. The third-order valence-corrected chi connectivity index (χ3v) is 9.56. The van der Waals surface area contributed by atoms with Gasteiger partial charge in [-0.2, -0.15) is 0 Å². The number of carbonyl (C=O) groups is 3. The molecule has 0 aliphatic rings. The molecule has 6 nitrogen and oxygen atoms in total. The van der Waals surface area contributed by atoms with E-state index >= 15 is 0 Å². The van der Waals surface area contributed by atoms with Crippen LogP contribution in [-0.4, -0.2) is 37.2 Å². The molecule has 0 spiro atoms. The molecule has 0 aromatic heterocycles. The largest absolute Gasteiger partial charge is 0.462 e. The summed E-state index contributed by atoms with van der Waals surface area (Å²) < 4.78 is 16.6. The van der Waals surface area contributed by atoms with E-state index in [1.807, 2.05) is 54.7 Å². The van der Waals surface area contributed by atoms with Gasteiger partial charge in [0.1, 0.15) is 13.2 Å². The minimum absolute atomic E-state index is 0.127. The SMILES string of the molecule is CC/C=C/C=C/C=C/C=C/C=C/CCCC(=O)OCC(COC(=O)CCCCC/C=C/C/C=C/C/C=C/C/C=C/CC)OC(=O)CCCCC/C=C/CCCCCCCCC. The molecule has 0 aliphatic heterocycles. The lowest BCUT2D eigenvalue weighted by Gasteiger charge is -2.18. The summed E-state index contributed by atoms with van der Waals surface area (Å²) in [4.78, 5) is 37.8. The Morgan fingerprint density at radius 3 is 1.26 bits per heavy atom. The molecule has 0 bridgehead atoms. The molecule has 0 heterocycles. The molecule has 1 atom stereocenters. The van der Waals surface area contributed by atoms with Crippen molar-refractivity contribution >= 4 is 17.9 Å². The molecule has 1 unspecified atom stereocenters. The molecule has 0 aromatic rings. The normalized spacial score (nSPS) is 13.2. The first-order valence-electron chi connectivity index (χ1n) is 24.1. The number of carbonyl (C=O) groups excluding carboxylic acids is 3. The zero-order valence-corrected chi connectivity index (χ0v) is 38.9. The molecule has 342 valence electrons. The summed E-state index contributed by atoms with van der Waals surface area (Å²) in [6, 6.07) is 0. The van der Waals surface area contributed by atoms with Crippen LogP contribution in [0.2, 0.25) is 0 Å². The molecular weight excluding hydrogens is 757 g/mol. The minimum atomic E-state index is -0.830. The van der Waals surface area contributed by atoms with Crippen molar-refractivity contribution in [2.75, 3.05) is 13.2 Å². The van der Waals surface area contributed by atoms with Crippen molar-refractivity contribution in [1.82, 2.24) is 0 Å². The van der Waals surface area contributed by atoms with Crippen LogP contribution in [0.1, 0.15) is 188 Å². The van der Waals surface area contributed by atoms with Gasteiger partial charge in [-0.15, -0.1) is 0 Å². The van der Waals surface area contributed by atoms with E-state index in [4.69, 9.17) is 14.2 Å². The van der Waals surface area contributed by atoms with Crippen molar-refractivity contribution in [3.8, 4) is 0 Å². The number of rotatable bonds is 41. The fourth-order valence-electron chi connectivity index (χ4n) is 5.98. The molecule has 0 rings (SSSR count). The summed E-state index contributed by atoms with van der Waals surface area (Å²) in [5, 5.41) is 0. The summed E-state index contributed by atoms with van der Waals surface area (Å²) in [6.45, 7) is 6.24. The highest BCUT2D eigenvalue weighted by atomic mass is 16.6. The molecule has 0 radical (unpaired) electrons. The summed E-state index contributed by atoms with van der Waals surface area (Å²) >= 11 is 0. The number of hydrogen-bond donors (Lipinski definition) is 0. The average Bonchev–Trinajstić information content (AvgIpc) is 3.26. The lowest BCUT2D eigenvalue weighted by Crippen LogP contribution is -2.30. The Morgan fingerprint density at radius 1 is 0.361 bits per heavy atom. The van der Waals surface area contributed by atoms with Crippen LogP contribution >= 0.6 is 0 Å². The predicted octanol–water partition coefficient (Wildman–Crippen LogP) is 15.7. The summed E-state index contributed by atoms with van der Waals surface area (Å²) in [5.74, 6) is -1.06. The van der Waals surface area contributed by atoms with Gasteiger partial charge in [-0.05, 0) is 96.3 Å². The molecule has 0 aliphatic carbocycles. The van der Waals surface area contributed by atoms with Gasteiger partial charge in [-0.3, -0.25) is 14.4 Å². The van der Waals surface area contributed by atoms with Gasteiger partial charge < -0.3 is 14.2 Å². The highest BCUT2D eigenvalue weighted by molar-refractivity contribution is 5.71. The first kappa shape index (κ1) is 56.8. The van der Waals surface area contributed by atoms with E-state index in [-0.39, 0.29) is 44.0 Å². The second kappa shape index (κ2) is 48.5. The predicted molar refractivity (Wildman–Crippen MR) is 260 cm³/mol. The van der Waals surface area contributed by atoms with Gasteiger partial charge in [0.15, 0.2) is 6.10 Å². The van der Waals surface area contributed by atoms with Crippen LogP contribution in [0.4, 0.5) is 0 Å². The third kappa shape index (κ3) is 46.7. The van der Waals surface area contributed by atoms with Crippen LogP contribution in [0, 0.1) is 0 Å². The highest BCUT2D eigenvalue weighted by Gasteiger charge is 2.19. The number of ether oxygens (including phenoxy) is 3. The Kier molecular flexibility index (Phi) is 45.1. The van der Waals surface area contributed by atoms with Crippen LogP contribution in [0.15, 0.2) is 122 Å². The van der Waals surface area contributed by atoms with Crippen molar-refractivity contribution in [1.29, 1.82) is 0 Å². The summed E-state index contributed by atoms with van der Waals surface area (Å²) in [7, 11) is 0. The maximum Gasteiger partial charge on any atom is 0.306 e. The van der Waals surface area contributed by atoms with Crippen molar-refractivity contribution in [3.05, 3.63) is 122 Å². The van der Waals surface area contributed by atoms with Crippen molar-refractivity contribution in [2.45, 2.75) is 194 Å². The first-order valence-corrected chi connectivity index (χ1v) is 24.1. The molecular formula is C55H86O6. The Bertz CT molecular complexity index is 1340. The maximum absolute atomic E-state index is 12.8. The lowest BCUT2D eigenvalue weighted by atomic mass is 10.1. The number of allylic oxidation sites excluding steroid dienone is 20. The van der Waals surface area contributed by atoms with E-state index in [1.165, 1.54) is 44.9 Å². The molecule has 0 aromatic carbocycles.